The third-order valence-corrected chi connectivity index (χ3v) is 8.30. The summed E-state index contributed by atoms with van der Waals surface area (Å²) in [4.78, 5) is 16.7. The number of unbranched alkanes of at least 4 members (excludes halogenated alkanes) is 1. The molecule has 1 heterocycles. The lowest BCUT2D eigenvalue weighted by Crippen LogP contribution is -2.42. The summed E-state index contributed by atoms with van der Waals surface area (Å²) >= 11 is 0. The van der Waals surface area contributed by atoms with Crippen LogP contribution in [0.1, 0.15) is 37.3 Å². The first-order valence-corrected chi connectivity index (χ1v) is 15.1. The number of nitrogens with one attached hydrogen (secondary N) is 3. The van der Waals surface area contributed by atoms with Crippen molar-refractivity contribution in [2.24, 2.45) is 0 Å². The number of carbonyl (C=O) groups excluding carboxylic acids is 1. The fourth-order valence-electron chi connectivity index (χ4n) is 4.61. The van der Waals surface area contributed by atoms with E-state index in [0.717, 1.165) is 41.6 Å². The van der Waals surface area contributed by atoms with Crippen LogP contribution in [0.3, 0.4) is 0 Å². The van der Waals surface area contributed by atoms with Crippen LogP contribution in [0.5, 0.6) is 5.75 Å². The molecule has 0 aliphatic heterocycles. The second-order valence-corrected chi connectivity index (χ2v) is 11.4. The number of imidazole rings is 1. The predicted octanol–water partition coefficient (Wildman–Crippen LogP) is 4.42. The Kier molecular flexibility index (Phi) is 10.3. The fourth-order valence-corrected chi connectivity index (χ4v) is 5.82. The average molecular weight is 576 g/mol. The zero-order chi connectivity index (χ0) is 29.2. The summed E-state index contributed by atoms with van der Waals surface area (Å²) in [6, 6.07) is 20.2. The molecule has 3 N–H and O–H groups in total. The molecule has 0 spiro atoms. The monoisotopic (exact) mass is 575 g/mol. The van der Waals surface area contributed by atoms with Crippen molar-refractivity contribution in [1.82, 2.24) is 24.9 Å². The van der Waals surface area contributed by atoms with Gasteiger partial charge in [0.2, 0.25) is 15.9 Å². The smallest absolute Gasteiger partial charge is 0.244 e. The lowest BCUT2D eigenvalue weighted by molar-refractivity contribution is -0.122. The second-order valence-electron chi connectivity index (χ2n) is 9.69. The van der Waals surface area contributed by atoms with E-state index in [4.69, 9.17) is 4.74 Å². The van der Waals surface area contributed by atoms with Gasteiger partial charge in [-0.05, 0) is 47.4 Å². The summed E-state index contributed by atoms with van der Waals surface area (Å²) in [6.07, 6.45) is 7.92. The topological polar surface area (TPSA) is 114 Å². The molecule has 41 heavy (non-hydrogen) atoms. The Morgan fingerprint density at radius 3 is 2.51 bits per heavy atom. The summed E-state index contributed by atoms with van der Waals surface area (Å²) in [7, 11) is -0.804. The van der Waals surface area contributed by atoms with Crippen LogP contribution in [0.25, 0.3) is 16.8 Å². The van der Waals surface area contributed by atoms with Crippen LogP contribution in [0, 0.1) is 0 Å². The number of rotatable bonds is 14. The van der Waals surface area contributed by atoms with Crippen LogP contribution >= 0.6 is 0 Å². The number of aromatic nitrogens is 2. The number of hydrogen-bond donors (Lipinski definition) is 3. The standard InChI is InChI=1S/C31H37N5O4S/c1-4-5-11-27(31(37)32-2)34-20-24-12-14-28(36-17-16-33-22-36)26(18-24)25-13-15-29(40-3)30(19-25)41(38,39)35-21-23-9-7-6-8-10-23/h6-10,12-19,22,27,34-35H,4-5,11,20-21H2,1-3H3,(H,32,37). The molecule has 0 saturated carbocycles. The molecule has 4 aromatic rings. The summed E-state index contributed by atoms with van der Waals surface area (Å²) in [5.41, 5.74) is 4.16. The number of carbonyl (C=O) groups is 1. The van der Waals surface area contributed by atoms with Gasteiger partial charge in [0.1, 0.15) is 10.6 Å². The maximum Gasteiger partial charge on any atom is 0.244 e. The van der Waals surface area contributed by atoms with Crippen LogP contribution in [0.15, 0.2) is 90.3 Å². The molecule has 10 heteroatoms. The number of benzene rings is 3. The second kappa shape index (κ2) is 14.1. The van der Waals surface area contributed by atoms with Crippen molar-refractivity contribution in [3.8, 4) is 22.6 Å². The van der Waals surface area contributed by atoms with Crippen molar-refractivity contribution in [2.45, 2.75) is 50.2 Å². The molecule has 0 aliphatic carbocycles. The maximum atomic E-state index is 13.5. The highest BCUT2D eigenvalue weighted by Gasteiger charge is 2.22. The quantitative estimate of drug-likeness (QED) is 0.205. The van der Waals surface area contributed by atoms with Crippen molar-refractivity contribution in [3.63, 3.8) is 0 Å². The molecule has 4 rings (SSSR count). The normalized spacial score (nSPS) is 12.2. The first kappa shape index (κ1) is 30.0. The summed E-state index contributed by atoms with van der Waals surface area (Å²) in [5.74, 6) is 0.211. The number of ether oxygens (including phenoxy) is 1. The van der Waals surface area contributed by atoms with E-state index in [1.165, 1.54) is 7.11 Å². The zero-order valence-electron chi connectivity index (χ0n) is 23.6. The molecule has 1 amide bonds. The molecule has 0 bridgehead atoms. The minimum Gasteiger partial charge on any atom is -0.495 e. The Balaban J connectivity index is 1.70. The third kappa shape index (κ3) is 7.60. The van der Waals surface area contributed by atoms with Crippen molar-refractivity contribution < 1.29 is 17.9 Å². The molecular weight excluding hydrogens is 538 g/mol. The number of amides is 1. The van der Waals surface area contributed by atoms with E-state index in [9.17, 15) is 13.2 Å². The van der Waals surface area contributed by atoms with Gasteiger partial charge in [-0.3, -0.25) is 4.79 Å². The van der Waals surface area contributed by atoms with Gasteiger partial charge < -0.3 is 19.9 Å². The van der Waals surface area contributed by atoms with Gasteiger partial charge >= 0.3 is 0 Å². The number of likely N-dealkylation sites (N-methyl/N-ethyl adjacent to an activating group) is 1. The number of hydrogen-bond acceptors (Lipinski definition) is 6. The van der Waals surface area contributed by atoms with E-state index >= 15 is 0 Å². The van der Waals surface area contributed by atoms with Crippen molar-refractivity contribution in [3.05, 3.63) is 96.6 Å². The molecule has 0 saturated heterocycles. The zero-order valence-corrected chi connectivity index (χ0v) is 24.4. The molecule has 0 aliphatic rings. The molecule has 1 unspecified atom stereocenters. The van der Waals surface area contributed by atoms with Gasteiger partial charge in [0.15, 0.2) is 0 Å². The Hall–Kier alpha value is -3.99. The lowest BCUT2D eigenvalue weighted by atomic mass is 10.00. The summed E-state index contributed by atoms with van der Waals surface area (Å²) in [5, 5.41) is 6.12. The SMILES string of the molecule is CCCCC(NCc1ccc(-n2ccnc2)c(-c2ccc(OC)c(S(=O)(=O)NCc3ccccc3)c2)c1)C(=O)NC. The van der Waals surface area contributed by atoms with E-state index in [-0.39, 0.29) is 29.1 Å². The molecule has 9 nitrogen and oxygen atoms in total. The lowest BCUT2D eigenvalue weighted by Gasteiger charge is -2.19. The minimum absolute atomic E-state index is 0.0401. The average Bonchev–Trinajstić information content (AvgIpc) is 3.55. The van der Waals surface area contributed by atoms with Crippen LogP contribution < -0.4 is 20.1 Å². The Labute approximate surface area is 242 Å². The van der Waals surface area contributed by atoms with Gasteiger partial charge in [0.05, 0.1) is 25.2 Å². The van der Waals surface area contributed by atoms with Gasteiger partial charge in [0.25, 0.3) is 0 Å². The van der Waals surface area contributed by atoms with Gasteiger partial charge in [-0.1, -0.05) is 62.2 Å². The van der Waals surface area contributed by atoms with E-state index < -0.39 is 10.0 Å². The summed E-state index contributed by atoms with van der Waals surface area (Å²) < 4.78 is 36.9. The fraction of sp³-hybridized carbons (Fsp3) is 0.290. The molecule has 216 valence electrons. The highest BCUT2D eigenvalue weighted by molar-refractivity contribution is 7.89. The Bertz CT molecular complexity index is 1540. The van der Waals surface area contributed by atoms with E-state index in [0.29, 0.717) is 12.1 Å². The number of nitrogens with zero attached hydrogens (tertiary/aromatic N) is 2. The number of methoxy groups -OCH3 is 1. The van der Waals surface area contributed by atoms with E-state index in [1.54, 1.807) is 31.7 Å². The summed E-state index contributed by atoms with van der Waals surface area (Å²) in [6.45, 7) is 2.73. The van der Waals surface area contributed by atoms with Gasteiger partial charge in [-0.25, -0.2) is 18.1 Å². The highest BCUT2D eigenvalue weighted by atomic mass is 32.2. The first-order chi connectivity index (χ1) is 19.9. The van der Waals surface area contributed by atoms with Crippen LogP contribution in [-0.2, 0) is 27.9 Å². The predicted molar refractivity (Wildman–Crippen MR) is 160 cm³/mol. The highest BCUT2D eigenvalue weighted by Crippen LogP contribution is 2.34. The number of sulfonamides is 1. The molecule has 1 aromatic heterocycles. The first-order valence-electron chi connectivity index (χ1n) is 13.6. The van der Waals surface area contributed by atoms with Crippen molar-refractivity contribution in [1.29, 1.82) is 0 Å². The maximum absolute atomic E-state index is 13.5. The molecule has 0 fully saturated rings. The minimum atomic E-state index is -3.90. The molecule has 0 radical (unpaired) electrons. The van der Waals surface area contributed by atoms with E-state index in [1.807, 2.05) is 65.4 Å². The van der Waals surface area contributed by atoms with Crippen LogP contribution in [-0.4, -0.2) is 44.1 Å². The van der Waals surface area contributed by atoms with Crippen LogP contribution in [0.4, 0.5) is 0 Å². The van der Waals surface area contributed by atoms with Gasteiger partial charge in [-0.15, -0.1) is 0 Å². The molecular formula is C31H37N5O4S. The van der Waals surface area contributed by atoms with Crippen molar-refractivity contribution in [2.75, 3.05) is 14.2 Å². The molecule has 1 atom stereocenters. The van der Waals surface area contributed by atoms with Gasteiger partial charge in [-0.2, -0.15) is 0 Å². The van der Waals surface area contributed by atoms with E-state index in [2.05, 4.69) is 27.3 Å². The van der Waals surface area contributed by atoms with Crippen LogP contribution in [0.2, 0.25) is 0 Å². The largest absolute Gasteiger partial charge is 0.495 e. The third-order valence-electron chi connectivity index (χ3n) is 6.88. The Morgan fingerprint density at radius 1 is 1.02 bits per heavy atom. The van der Waals surface area contributed by atoms with Gasteiger partial charge in [0, 0.05) is 38.1 Å². The van der Waals surface area contributed by atoms with Crippen molar-refractivity contribution >= 4 is 15.9 Å². The Morgan fingerprint density at radius 2 is 1.83 bits per heavy atom. The molecule has 3 aromatic carbocycles.